The Balaban J connectivity index is 2.32. The highest BCUT2D eigenvalue weighted by atomic mass is 15.1. The minimum atomic E-state index is 0.889. The van der Waals surface area contributed by atoms with Crippen LogP contribution in [0.4, 0.5) is 0 Å². The van der Waals surface area contributed by atoms with Crippen molar-refractivity contribution in [3.05, 3.63) is 12.4 Å². The first-order valence-corrected chi connectivity index (χ1v) is 1.62. The van der Waals surface area contributed by atoms with Gasteiger partial charge in [0.05, 0.1) is 6.67 Å². The summed E-state index contributed by atoms with van der Waals surface area (Å²) in [6.07, 6.45) is 3.75. The van der Waals surface area contributed by atoms with E-state index in [1.807, 2.05) is 12.4 Å². The molecule has 2 heteroatoms. The lowest BCUT2D eigenvalue weighted by Crippen LogP contribution is -2.10. The van der Waals surface area contributed by atoms with E-state index < -0.39 is 0 Å². The second-order valence-corrected chi connectivity index (χ2v) is 0.918. The van der Waals surface area contributed by atoms with Crippen LogP contribution in [0.2, 0.25) is 0 Å². The van der Waals surface area contributed by atoms with Gasteiger partial charge in [0, 0.05) is 12.4 Å². The van der Waals surface area contributed by atoms with Gasteiger partial charge in [0.1, 0.15) is 0 Å². The summed E-state index contributed by atoms with van der Waals surface area (Å²) in [7, 11) is 0. The van der Waals surface area contributed by atoms with E-state index in [1.54, 1.807) is 0 Å². The molecule has 1 rings (SSSR count). The quantitative estimate of drug-likeness (QED) is 0.405. The molecule has 0 amide bonds. The lowest BCUT2D eigenvalue weighted by molar-refractivity contribution is 0.836. The van der Waals surface area contributed by atoms with Crippen LogP contribution in [-0.4, -0.2) is 6.67 Å². The zero-order valence-electron chi connectivity index (χ0n) is 2.86. The minimum absolute atomic E-state index is 0.889. The van der Waals surface area contributed by atoms with Crippen LogP contribution >= 0.6 is 0 Å². The molecule has 1 heterocycles. The highest BCUT2D eigenvalue weighted by Crippen LogP contribution is 1.65. The second kappa shape index (κ2) is 0.971. The third-order valence-electron chi connectivity index (χ3n) is 0.523. The average molecular weight is 70.1 g/mol. The van der Waals surface area contributed by atoms with Gasteiger partial charge in [0.25, 0.3) is 0 Å². The summed E-state index contributed by atoms with van der Waals surface area (Å²) < 4.78 is 0. The fraction of sp³-hybridized carbons (Fsp3) is 0.333. The molecule has 0 bridgehead atoms. The molecule has 0 aromatic heterocycles. The number of hydrogen-bond donors (Lipinski definition) is 2. The van der Waals surface area contributed by atoms with Crippen LogP contribution in [0.5, 0.6) is 0 Å². The van der Waals surface area contributed by atoms with E-state index >= 15 is 0 Å². The highest BCUT2D eigenvalue weighted by Gasteiger charge is 1.77. The Morgan fingerprint density at radius 1 is 1.20 bits per heavy atom. The first kappa shape index (κ1) is 2.57. The molecule has 0 fully saturated rings. The van der Waals surface area contributed by atoms with Crippen LogP contribution in [0.15, 0.2) is 12.4 Å². The van der Waals surface area contributed by atoms with Crippen LogP contribution in [0.1, 0.15) is 0 Å². The number of rotatable bonds is 0. The van der Waals surface area contributed by atoms with E-state index in [-0.39, 0.29) is 0 Å². The van der Waals surface area contributed by atoms with Gasteiger partial charge in [-0.25, -0.2) is 0 Å². The van der Waals surface area contributed by atoms with E-state index in [2.05, 4.69) is 10.6 Å². The summed E-state index contributed by atoms with van der Waals surface area (Å²) in [5, 5.41) is 5.86. The lowest BCUT2D eigenvalue weighted by atomic mass is 11.0. The van der Waals surface area contributed by atoms with Crippen molar-refractivity contribution in [3.63, 3.8) is 0 Å². The molecule has 0 spiro atoms. The van der Waals surface area contributed by atoms with Crippen molar-refractivity contribution in [3.8, 4) is 0 Å². The third kappa shape index (κ3) is 0.318. The standard InChI is InChI=1S/C3H6N2/c1-2-5-3-4-1/h1-2,4-5H,3H2. The van der Waals surface area contributed by atoms with Crippen LogP contribution < -0.4 is 10.6 Å². The van der Waals surface area contributed by atoms with Crippen molar-refractivity contribution in [2.24, 2.45) is 0 Å². The number of nitrogens with one attached hydrogen (secondary N) is 2. The van der Waals surface area contributed by atoms with Crippen molar-refractivity contribution in [1.29, 1.82) is 0 Å². The highest BCUT2D eigenvalue weighted by molar-refractivity contribution is 4.82. The van der Waals surface area contributed by atoms with Gasteiger partial charge >= 0.3 is 0 Å². The van der Waals surface area contributed by atoms with Gasteiger partial charge in [-0.1, -0.05) is 0 Å². The van der Waals surface area contributed by atoms with Crippen LogP contribution in [0.3, 0.4) is 0 Å². The summed E-state index contributed by atoms with van der Waals surface area (Å²) in [6, 6.07) is 0. The van der Waals surface area contributed by atoms with Gasteiger partial charge in [-0.05, 0) is 0 Å². The first-order chi connectivity index (χ1) is 2.50. The summed E-state index contributed by atoms with van der Waals surface area (Å²) in [6.45, 7) is 0.889. The summed E-state index contributed by atoms with van der Waals surface area (Å²) in [4.78, 5) is 0. The number of hydrogen-bond acceptors (Lipinski definition) is 2. The minimum Gasteiger partial charge on any atom is -0.373 e. The summed E-state index contributed by atoms with van der Waals surface area (Å²) in [5.74, 6) is 0. The fourth-order valence-corrected chi connectivity index (χ4v) is 0.295. The molecule has 2 nitrogen and oxygen atoms in total. The zero-order valence-corrected chi connectivity index (χ0v) is 2.86. The van der Waals surface area contributed by atoms with E-state index in [0.717, 1.165) is 6.67 Å². The van der Waals surface area contributed by atoms with Crippen molar-refractivity contribution in [2.45, 2.75) is 0 Å². The Morgan fingerprint density at radius 3 is 2.00 bits per heavy atom. The molecule has 0 aromatic carbocycles. The molecule has 0 saturated carbocycles. The molecule has 2 N–H and O–H groups in total. The normalized spacial score (nSPS) is 17.6. The molecule has 0 saturated heterocycles. The topological polar surface area (TPSA) is 24.1 Å². The average Bonchev–Trinajstić information content (AvgIpc) is 1.76. The van der Waals surface area contributed by atoms with Crippen molar-refractivity contribution in [2.75, 3.05) is 6.67 Å². The van der Waals surface area contributed by atoms with Gasteiger partial charge < -0.3 is 10.6 Å². The van der Waals surface area contributed by atoms with E-state index in [9.17, 15) is 0 Å². The van der Waals surface area contributed by atoms with Gasteiger partial charge in [-0.15, -0.1) is 0 Å². The van der Waals surface area contributed by atoms with Gasteiger partial charge in [-0.3, -0.25) is 0 Å². The largest absolute Gasteiger partial charge is 0.373 e. The van der Waals surface area contributed by atoms with E-state index in [1.165, 1.54) is 0 Å². The van der Waals surface area contributed by atoms with Crippen molar-refractivity contribution in [1.82, 2.24) is 10.6 Å². The molecule has 0 atom stereocenters. The van der Waals surface area contributed by atoms with Gasteiger partial charge in [0.2, 0.25) is 0 Å². The zero-order chi connectivity index (χ0) is 3.54. The molecule has 0 unspecified atom stereocenters. The van der Waals surface area contributed by atoms with Crippen LogP contribution in [-0.2, 0) is 0 Å². The maximum Gasteiger partial charge on any atom is 0.0840 e. The summed E-state index contributed by atoms with van der Waals surface area (Å²) >= 11 is 0. The molecule has 0 aromatic rings. The predicted octanol–water partition coefficient (Wildman–Crippen LogP) is -0.392. The molecule has 1 aliphatic rings. The lowest BCUT2D eigenvalue weighted by Gasteiger charge is -1.82. The second-order valence-electron chi connectivity index (χ2n) is 0.918. The van der Waals surface area contributed by atoms with Crippen LogP contribution in [0, 0.1) is 0 Å². The maximum absolute atomic E-state index is 2.93. The van der Waals surface area contributed by atoms with E-state index in [4.69, 9.17) is 0 Å². The van der Waals surface area contributed by atoms with Crippen molar-refractivity contribution >= 4 is 0 Å². The SMILES string of the molecule is C1=CNCN1. The van der Waals surface area contributed by atoms with Crippen LogP contribution in [0.25, 0.3) is 0 Å². The third-order valence-corrected chi connectivity index (χ3v) is 0.523. The Kier molecular flexibility index (Phi) is 0.499. The van der Waals surface area contributed by atoms with Gasteiger partial charge in [-0.2, -0.15) is 0 Å². The molecule has 5 heavy (non-hydrogen) atoms. The maximum atomic E-state index is 2.93. The molecule has 0 aliphatic carbocycles. The predicted molar refractivity (Wildman–Crippen MR) is 20.3 cm³/mol. The monoisotopic (exact) mass is 70.1 g/mol. The Labute approximate surface area is 30.9 Å². The van der Waals surface area contributed by atoms with Crippen molar-refractivity contribution < 1.29 is 0 Å². The molecular weight excluding hydrogens is 64.0 g/mol. The first-order valence-electron chi connectivity index (χ1n) is 1.62. The Hall–Kier alpha value is -0.660. The summed E-state index contributed by atoms with van der Waals surface area (Å²) in [5.41, 5.74) is 0. The molecule has 28 valence electrons. The molecular formula is C3H6N2. The fourth-order valence-electron chi connectivity index (χ4n) is 0.295. The van der Waals surface area contributed by atoms with Gasteiger partial charge in [0.15, 0.2) is 0 Å². The Bertz CT molecular complexity index is 42.9. The smallest absolute Gasteiger partial charge is 0.0840 e. The Morgan fingerprint density at radius 2 is 1.80 bits per heavy atom. The molecule has 1 aliphatic heterocycles. The van der Waals surface area contributed by atoms with E-state index in [0.29, 0.717) is 0 Å². The molecule has 0 radical (unpaired) electrons.